The SMILES string of the molecule is CN1CCN(Cc2csc(C(=O)NN)n2)C1=O. The lowest BCUT2D eigenvalue weighted by Crippen LogP contribution is -2.30. The minimum Gasteiger partial charge on any atom is -0.326 e. The summed E-state index contributed by atoms with van der Waals surface area (Å²) in [5, 5.41) is 2.07. The van der Waals surface area contributed by atoms with Gasteiger partial charge in [-0.2, -0.15) is 0 Å². The number of thiazole rings is 1. The highest BCUT2D eigenvalue weighted by Gasteiger charge is 2.25. The number of carbonyl (C=O) groups is 2. The lowest BCUT2D eigenvalue weighted by Gasteiger charge is -2.13. The number of urea groups is 1. The number of nitrogens with zero attached hydrogens (tertiary/aromatic N) is 3. The summed E-state index contributed by atoms with van der Waals surface area (Å²) in [6.07, 6.45) is 0. The Morgan fingerprint density at radius 3 is 3.00 bits per heavy atom. The molecule has 1 aliphatic rings. The summed E-state index contributed by atoms with van der Waals surface area (Å²) in [6.45, 7) is 1.84. The van der Waals surface area contributed by atoms with E-state index in [2.05, 4.69) is 4.98 Å². The van der Waals surface area contributed by atoms with Gasteiger partial charge in [0.25, 0.3) is 5.91 Å². The van der Waals surface area contributed by atoms with Gasteiger partial charge >= 0.3 is 6.03 Å². The molecule has 0 unspecified atom stereocenters. The van der Waals surface area contributed by atoms with Gasteiger partial charge in [-0.1, -0.05) is 0 Å². The van der Waals surface area contributed by atoms with Crippen molar-refractivity contribution in [3.63, 3.8) is 0 Å². The number of amides is 3. The van der Waals surface area contributed by atoms with Gasteiger partial charge in [-0.3, -0.25) is 10.2 Å². The van der Waals surface area contributed by atoms with E-state index in [0.717, 1.165) is 6.54 Å². The van der Waals surface area contributed by atoms with Gasteiger partial charge in [0.05, 0.1) is 12.2 Å². The molecule has 0 bridgehead atoms. The van der Waals surface area contributed by atoms with E-state index in [-0.39, 0.29) is 6.03 Å². The minimum absolute atomic E-state index is 0.0113. The van der Waals surface area contributed by atoms with E-state index < -0.39 is 5.91 Å². The van der Waals surface area contributed by atoms with E-state index in [1.54, 1.807) is 22.2 Å². The largest absolute Gasteiger partial charge is 0.326 e. The molecule has 0 spiro atoms. The number of nitrogens with one attached hydrogen (secondary N) is 1. The molecule has 1 aliphatic heterocycles. The number of carbonyl (C=O) groups excluding carboxylic acids is 2. The number of nitrogens with two attached hydrogens (primary N) is 1. The third-order valence-electron chi connectivity index (χ3n) is 2.53. The highest BCUT2D eigenvalue weighted by atomic mass is 32.1. The van der Waals surface area contributed by atoms with Crippen LogP contribution in [0.4, 0.5) is 4.79 Å². The molecule has 1 aromatic heterocycles. The first-order chi connectivity index (χ1) is 8.11. The predicted molar refractivity (Wildman–Crippen MR) is 62.2 cm³/mol. The van der Waals surface area contributed by atoms with Crippen molar-refractivity contribution < 1.29 is 9.59 Å². The molecule has 0 radical (unpaired) electrons. The zero-order valence-corrected chi connectivity index (χ0v) is 10.2. The molecule has 1 aromatic rings. The van der Waals surface area contributed by atoms with E-state index in [9.17, 15) is 9.59 Å². The Balaban J connectivity index is 2.02. The zero-order chi connectivity index (χ0) is 12.4. The van der Waals surface area contributed by atoms with Gasteiger partial charge in [0.15, 0.2) is 5.01 Å². The molecule has 0 saturated carbocycles. The third kappa shape index (κ3) is 2.37. The normalized spacial score (nSPS) is 15.5. The maximum absolute atomic E-state index is 11.6. The smallest absolute Gasteiger partial charge is 0.320 e. The number of hydrazine groups is 1. The molecule has 0 aromatic carbocycles. The Hall–Kier alpha value is -1.67. The maximum Gasteiger partial charge on any atom is 0.320 e. The van der Waals surface area contributed by atoms with Crippen LogP contribution in [0.2, 0.25) is 0 Å². The lowest BCUT2D eigenvalue weighted by atomic mass is 10.4. The van der Waals surface area contributed by atoms with Crippen LogP contribution in [0.1, 0.15) is 15.5 Å². The highest BCUT2D eigenvalue weighted by Crippen LogP contribution is 2.14. The summed E-state index contributed by atoms with van der Waals surface area (Å²) in [5.41, 5.74) is 2.73. The minimum atomic E-state index is -0.411. The molecule has 8 heteroatoms. The number of hydrogen-bond donors (Lipinski definition) is 2. The maximum atomic E-state index is 11.6. The molecule has 1 fully saturated rings. The van der Waals surface area contributed by atoms with E-state index >= 15 is 0 Å². The molecule has 3 N–H and O–H groups in total. The van der Waals surface area contributed by atoms with Crippen molar-refractivity contribution in [3.8, 4) is 0 Å². The Morgan fingerprint density at radius 2 is 2.41 bits per heavy atom. The van der Waals surface area contributed by atoms with Gasteiger partial charge in [-0.15, -0.1) is 11.3 Å². The molecule has 3 amide bonds. The van der Waals surface area contributed by atoms with Gasteiger partial charge < -0.3 is 9.80 Å². The van der Waals surface area contributed by atoms with E-state index in [1.807, 2.05) is 5.43 Å². The summed E-state index contributed by atoms with van der Waals surface area (Å²) < 4.78 is 0. The van der Waals surface area contributed by atoms with Crippen molar-refractivity contribution in [1.29, 1.82) is 0 Å². The third-order valence-corrected chi connectivity index (χ3v) is 3.42. The lowest BCUT2D eigenvalue weighted by molar-refractivity contribution is 0.0953. The first-order valence-corrected chi connectivity index (χ1v) is 5.95. The molecular formula is C9H13N5O2S. The van der Waals surface area contributed by atoms with Crippen LogP contribution in [0.3, 0.4) is 0 Å². The molecule has 92 valence electrons. The van der Waals surface area contributed by atoms with Crippen molar-refractivity contribution in [2.75, 3.05) is 20.1 Å². The molecule has 17 heavy (non-hydrogen) atoms. The van der Waals surface area contributed by atoms with Crippen molar-refractivity contribution in [2.45, 2.75) is 6.54 Å². The average Bonchev–Trinajstić information content (AvgIpc) is 2.91. The van der Waals surface area contributed by atoms with Crippen LogP contribution in [0.25, 0.3) is 0 Å². The van der Waals surface area contributed by atoms with Crippen LogP contribution in [0.5, 0.6) is 0 Å². The summed E-state index contributed by atoms with van der Waals surface area (Å²) in [5.74, 6) is 4.60. The molecule has 1 saturated heterocycles. The van der Waals surface area contributed by atoms with Gasteiger partial charge in [0.1, 0.15) is 0 Å². The van der Waals surface area contributed by atoms with Crippen LogP contribution in [0, 0.1) is 0 Å². The topological polar surface area (TPSA) is 91.6 Å². The summed E-state index contributed by atoms with van der Waals surface area (Å²) in [6, 6.07) is -0.0113. The molecule has 2 heterocycles. The van der Waals surface area contributed by atoms with Crippen LogP contribution in [0.15, 0.2) is 5.38 Å². The Kier molecular flexibility index (Phi) is 3.25. The fourth-order valence-electron chi connectivity index (χ4n) is 1.59. The van der Waals surface area contributed by atoms with Crippen molar-refractivity contribution in [2.24, 2.45) is 5.84 Å². The monoisotopic (exact) mass is 255 g/mol. The molecule has 2 rings (SSSR count). The van der Waals surface area contributed by atoms with Crippen molar-refractivity contribution in [1.82, 2.24) is 20.2 Å². The molecular weight excluding hydrogens is 242 g/mol. The van der Waals surface area contributed by atoms with E-state index in [1.165, 1.54) is 11.3 Å². The van der Waals surface area contributed by atoms with E-state index in [4.69, 9.17) is 5.84 Å². The fourth-order valence-corrected chi connectivity index (χ4v) is 2.30. The van der Waals surface area contributed by atoms with Gasteiger partial charge in [-0.25, -0.2) is 15.6 Å². The van der Waals surface area contributed by atoms with Gasteiger partial charge in [-0.05, 0) is 0 Å². The van der Waals surface area contributed by atoms with Crippen LogP contribution >= 0.6 is 11.3 Å². The Bertz CT molecular complexity index is 446. The number of likely N-dealkylation sites (N-methyl/N-ethyl adjacent to an activating group) is 1. The van der Waals surface area contributed by atoms with Crippen molar-refractivity contribution >= 4 is 23.3 Å². The Morgan fingerprint density at radius 1 is 1.65 bits per heavy atom. The highest BCUT2D eigenvalue weighted by molar-refractivity contribution is 7.11. The second kappa shape index (κ2) is 4.68. The first-order valence-electron chi connectivity index (χ1n) is 5.07. The second-order valence-electron chi connectivity index (χ2n) is 3.74. The van der Waals surface area contributed by atoms with Gasteiger partial charge in [0.2, 0.25) is 0 Å². The molecule has 7 nitrogen and oxygen atoms in total. The standard InChI is InChI=1S/C9H13N5O2S/c1-13-2-3-14(9(13)16)4-6-5-17-8(11-6)7(15)12-10/h5H,2-4,10H2,1H3,(H,12,15). The van der Waals surface area contributed by atoms with Crippen LogP contribution < -0.4 is 11.3 Å². The fraction of sp³-hybridized carbons (Fsp3) is 0.444. The number of rotatable bonds is 3. The summed E-state index contributed by atoms with van der Waals surface area (Å²) in [7, 11) is 1.76. The summed E-state index contributed by atoms with van der Waals surface area (Å²) >= 11 is 1.21. The second-order valence-corrected chi connectivity index (χ2v) is 4.60. The first kappa shape index (κ1) is 11.8. The van der Waals surface area contributed by atoms with Crippen LogP contribution in [-0.4, -0.2) is 46.9 Å². The average molecular weight is 255 g/mol. The number of aromatic nitrogens is 1. The van der Waals surface area contributed by atoms with Gasteiger partial charge in [0, 0.05) is 25.5 Å². The zero-order valence-electron chi connectivity index (χ0n) is 9.34. The molecule has 0 aliphatic carbocycles. The van der Waals surface area contributed by atoms with Crippen molar-refractivity contribution in [3.05, 3.63) is 16.1 Å². The van der Waals surface area contributed by atoms with E-state index in [0.29, 0.717) is 23.8 Å². The predicted octanol–water partition coefficient (Wildman–Crippen LogP) is -0.386. The quantitative estimate of drug-likeness (QED) is 0.437. The number of nitrogen functional groups attached to an aromatic ring is 1. The Labute approximate surface area is 102 Å². The molecule has 0 atom stereocenters. The van der Waals surface area contributed by atoms with Crippen LogP contribution in [-0.2, 0) is 6.54 Å². The summed E-state index contributed by atoms with van der Waals surface area (Å²) in [4.78, 5) is 30.3. The number of hydrogen-bond acceptors (Lipinski definition) is 5.